The summed E-state index contributed by atoms with van der Waals surface area (Å²) in [5.41, 5.74) is 2.20. The lowest BCUT2D eigenvalue weighted by molar-refractivity contribution is 0.213. The minimum Gasteiger partial charge on any atom is -0.441 e. The molecule has 2 heterocycles. The maximum atomic E-state index is 12.4. The Morgan fingerprint density at radius 1 is 1.10 bits per heavy atom. The SMILES string of the molecule is CCn1c(COc2nnc(-c3ccccc3)o2)nc2cc(S(=O)(=O)N(C)C)ccc21. The minimum atomic E-state index is -3.54. The average Bonchev–Trinajstić information content (AvgIpc) is 3.36. The second-order valence-corrected chi connectivity index (χ2v) is 8.89. The Labute approximate surface area is 174 Å². The lowest BCUT2D eigenvalue weighted by atomic mass is 10.2. The van der Waals surface area contributed by atoms with Crippen molar-refractivity contribution in [1.29, 1.82) is 0 Å². The summed E-state index contributed by atoms with van der Waals surface area (Å²) in [5, 5.41) is 7.92. The first kappa shape index (κ1) is 20.0. The van der Waals surface area contributed by atoms with Crippen LogP contribution in [-0.4, -0.2) is 46.6 Å². The van der Waals surface area contributed by atoms with Gasteiger partial charge in [0.05, 0.1) is 15.9 Å². The van der Waals surface area contributed by atoms with E-state index in [1.807, 2.05) is 41.8 Å². The highest BCUT2D eigenvalue weighted by molar-refractivity contribution is 7.89. The second kappa shape index (κ2) is 7.88. The highest BCUT2D eigenvalue weighted by Crippen LogP contribution is 2.24. The summed E-state index contributed by atoms with van der Waals surface area (Å²) in [4.78, 5) is 4.75. The van der Waals surface area contributed by atoms with Crippen LogP contribution in [0, 0.1) is 0 Å². The molecule has 0 radical (unpaired) electrons. The van der Waals surface area contributed by atoms with Crippen LogP contribution in [0.1, 0.15) is 12.7 Å². The fraction of sp³-hybridized carbons (Fsp3) is 0.250. The number of aryl methyl sites for hydroxylation is 1. The zero-order valence-electron chi connectivity index (χ0n) is 16.8. The van der Waals surface area contributed by atoms with Crippen molar-refractivity contribution < 1.29 is 17.6 Å². The van der Waals surface area contributed by atoms with Crippen LogP contribution in [0.3, 0.4) is 0 Å². The van der Waals surface area contributed by atoms with Gasteiger partial charge in [0.15, 0.2) is 6.61 Å². The van der Waals surface area contributed by atoms with Crippen molar-refractivity contribution in [3.05, 3.63) is 54.4 Å². The monoisotopic (exact) mass is 427 g/mol. The number of benzene rings is 2. The van der Waals surface area contributed by atoms with Crippen LogP contribution in [0.2, 0.25) is 0 Å². The van der Waals surface area contributed by atoms with E-state index in [0.717, 1.165) is 11.1 Å². The molecule has 0 amide bonds. The molecule has 30 heavy (non-hydrogen) atoms. The molecule has 0 spiro atoms. The van der Waals surface area contributed by atoms with Crippen molar-refractivity contribution in [3.8, 4) is 17.5 Å². The number of fused-ring (bicyclic) bond motifs is 1. The topological polar surface area (TPSA) is 103 Å². The van der Waals surface area contributed by atoms with E-state index in [1.165, 1.54) is 18.4 Å². The number of sulfonamides is 1. The third-order valence-electron chi connectivity index (χ3n) is 4.65. The molecule has 0 unspecified atom stereocenters. The predicted molar refractivity (Wildman–Crippen MR) is 110 cm³/mol. The molecule has 0 aliphatic carbocycles. The van der Waals surface area contributed by atoms with Gasteiger partial charge in [0.2, 0.25) is 10.0 Å². The first-order valence-corrected chi connectivity index (χ1v) is 10.8. The smallest absolute Gasteiger partial charge is 0.415 e. The summed E-state index contributed by atoms with van der Waals surface area (Å²) in [7, 11) is -0.543. The van der Waals surface area contributed by atoms with Crippen LogP contribution in [-0.2, 0) is 23.2 Å². The standard InChI is InChI=1S/C20H21N5O4S/c1-4-25-17-11-10-15(30(26,27)24(2)3)12-16(17)21-18(25)13-28-20-23-22-19(29-20)14-8-6-5-7-9-14/h5-12H,4,13H2,1-3H3. The Hall–Kier alpha value is -3.24. The Morgan fingerprint density at radius 2 is 1.87 bits per heavy atom. The quantitative estimate of drug-likeness (QED) is 0.447. The molecule has 9 nitrogen and oxygen atoms in total. The highest BCUT2D eigenvalue weighted by atomic mass is 32.2. The van der Waals surface area contributed by atoms with Crippen LogP contribution in [0.4, 0.5) is 0 Å². The number of hydrogen-bond donors (Lipinski definition) is 0. The second-order valence-electron chi connectivity index (χ2n) is 6.74. The molecule has 156 valence electrons. The molecule has 0 aliphatic heterocycles. The molecule has 10 heteroatoms. The number of ether oxygens (including phenoxy) is 1. The van der Waals surface area contributed by atoms with Crippen molar-refractivity contribution in [3.63, 3.8) is 0 Å². The van der Waals surface area contributed by atoms with Crippen LogP contribution in [0.15, 0.2) is 57.8 Å². The van der Waals surface area contributed by atoms with Gasteiger partial charge in [-0.2, -0.15) is 0 Å². The third-order valence-corrected chi connectivity index (χ3v) is 6.46. The molecule has 0 saturated carbocycles. The van der Waals surface area contributed by atoms with Gasteiger partial charge in [-0.25, -0.2) is 17.7 Å². The predicted octanol–water partition coefficient (Wildman–Crippen LogP) is 2.94. The maximum absolute atomic E-state index is 12.4. The number of hydrogen-bond acceptors (Lipinski definition) is 7. The molecule has 0 aliphatic rings. The van der Waals surface area contributed by atoms with Gasteiger partial charge in [-0.1, -0.05) is 23.3 Å². The van der Waals surface area contributed by atoms with Gasteiger partial charge in [-0.3, -0.25) is 0 Å². The zero-order valence-corrected chi connectivity index (χ0v) is 17.6. The van der Waals surface area contributed by atoms with Crippen molar-refractivity contribution in [2.75, 3.05) is 14.1 Å². The molecule has 0 N–H and O–H groups in total. The maximum Gasteiger partial charge on any atom is 0.415 e. The first-order valence-electron chi connectivity index (χ1n) is 9.33. The summed E-state index contributed by atoms with van der Waals surface area (Å²) < 4.78 is 39.2. The van der Waals surface area contributed by atoms with Gasteiger partial charge < -0.3 is 13.7 Å². The van der Waals surface area contributed by atoms with Gasteiger partial charge >= 0.3 is 6.08 Å². The van der Waals surface area contributed by atoms with Crippen LogP contribution in [0.25, 0.3) is 22.5 Å². The van der Waals surface area contributed by atoms with Crippen molar-refractivity contribution in [2.45, 2.75) is 25.0 Å². The molecule has 2 aromatic carbocycles. The number of aromatic nitrogens is 4. The molecule has 0 fully saturated rings. The highest BCUT2D eigenvalue weighted by Gasteiger charge is 2.20. The molecule has 0 atom stereocenters. The van der Waals surface area contributed by atoms with Crippen molar-refractivity contribution >= 4 is 21.1 Å². The van der Waals surface area contributed by atoms with E-state index in [1.54, 1.807) is 18.2 Å². The molecule has 0 saturated heterocycles. The fourth-order valence-corrected chi connectivity index (χ4v) is 4.01. The van der Waals surface area contributed by atoms with Crippen molar-refractivity contribution in [1.82, 2.24) is 24.1 Å². The molecule has 2 aromatic heterocycles. The van der Waals surface area contributed by atoms with E-state index >= 15 is 0 Å². The zero-order chi connectivity index (χ0) is 21.3. The van der Waals surface area contributed by atoms with E-state index in [2.05, 4.69) is 15.2 Å². The lowest BCUT2D eigenvalue weighted by Gasteiger charge is -2.11. The van der Waals surface area contributed by atoms with Gasteiger partial charge in [-0.05, 0) is 37.3 Å². The normalized spacial score (nSPS) is 12.0. The Bertz CT molecular complexity index is 1280. The molecule has 4 aromatic rings. The fourth-order valence-electron chi connectivity index (χ4n) is 3.09. The summed E-state index contributed by atoms with van der Waals surface area (Å²) in [5.74, 6) is 1.000. The van der Waals surface area contributed by atoms with E-state index in [4.69, 9.17) is 9.15 Å². The largest absolute Gasteiger partial charge is 0.441 e. The summed E-state index contributed by atoms with van der Waals surface area (Å²) in [6, 6.07) is 14.3. The number of imidazole rings is 1. The summed E-state index contributed by atoms with van der Waals surface area (Å²) in [6.07, 6.45) is 0.0411. The van der Waals surface area contributed by atoms with E-state index in [0.29, 0.717) is 23.8 Å². The summed E-state index contributed by atoms with van der Waals surface area (Å²) in [6.45, 7) is 2.73. The molecule has 4 rings (SSSR count). The first-order chi connectivity index (χ1) is 14.4. The van der Waals surface area contributed by atoms with E-state index in [-0.39, 0.29) is 17.6 Å². The third kappa shape index (κ3) is 3.66. The summed E-state index contributed by atoms with van der Waals surface area (Å²) >= 11 is 0. The van der Waals surface area contributed by atoms with Gasteiger partial charge in [0, 0.05) is 26.2 Å². The minimum absolute atomic E-state index is 0.0411. The van der Waals surface area contributed by atoms with Crippen LogP contribution in [0.5, 0.6) is 6.08 Å². The van der Waals surface area contributed by atoms with Crippen LogP contribution >= 0.6 is 0 Å². The van der Waals surface area contributed by atoms with Gasteiger partial charge in [0.1, 0.15) is 5.82 Å². The molecule has 0 bridgehead atoms. The van der Waals surface area contributed by atoms with E-state index in [9.17, 15) is 8.42 Å². The average molecular weight is 427 g/mol. The Morgan fingerprint density at radius 3 is 2.57 bits per heavy atom. The molecular weight excluding hydrogens is 406 g/mol. The van der Waals surface area contributed by atoms with Gasteiger partial charge in [-0.15, -0.1) is 5.10 Å². The number of nitrogens with zero attached hydrogens (tertiary/aromatic N) is 5. The Balaban J connectivity index is 1.59. The van der Waals surface area contributed by atoms with Crippen molar-refractivity contribution in [2.24, 2.45) is 0 Å². The molecular formula is C20H21N5O4S. The van der Waals surface area contributed by atoms with E-state index < -0.39 is 10.0 Å². The Kier molecular flexibility index (Phi) is 5.27. The lowest BCUT2D eigenvalue weighted by Crippen LogP contribution is -2.22. The van der Waals surface area contributed by atoms with Crippen LogP contribution < -0.4 is 4.74 Å². The number of rotatable bonds is 7. The van der Waals surface area contributed by atoms with Gasteiger partial charge in [0.25, 0.3) is 5.89 Å².